The minimum absolute atomic E-state index is 0.547. The predicted octanol–water partition coefficient (Wildman–Crippen LogP) is 2.70. The highest BCUT2D eigenvalue weighted by molar-refractivity contribution is 4.75. The van der Waals surface area contributed by atoms with E-state index in [-0.39, 0.29) is 0 Å². The molecule has 108 valence electrons. The first kappa shape index (κ1) is 15.9. The van der Waals surface area contributed by atoms with E-state index in [4.69, 9.17) is 4.74 Å². The fraction of sp³-hybridized carbons (Fsp3) is 1.00. The highest BCUT2D eigenvalue weighted by Gasteiger charge is 2.15. The van der Waals surface area contributed by atoms with Gasteiger partial charge in [0.2, 0.25) is 0 Å². The summed E-state index contributed by atoms with van der Waals surface area (Å²) in [7, 11) is 0. The highest BCUT2D eigenvalue weighted by Crippen LogP contribution is 2.05. The Morgan fingerprint density at radius 2 is 2.00 bits per heavy atom. The molecule has 1 heterocycles. The molecule has 0 bridgehead atoms. The SMILES string of the molecule is CCCCCCCCNC(C)CC1COCCN1. The van der Waals surface area contributed by atoms with Crippen LogP contribution in [-0.2, 0) is 4.74 Å². The lowest BCUT2D eigenvalue weighted by atomic mass is 10.1. The van der Waals surface area contributed by atoms with Gasteiger partial charge in [0.25, 0.3) is 0 Å². The van der Waals surface area contributed by atoms with E-state index in [2.05, 4.69) is 24.5 Å². The molecule has 1 rings (SSSR count). The molecule has 0 saturated carbocycles. The highest BCUT2D eigenvalue weighted by atomic mass is 16.5. The van der Waals surface area contributed by atoms with E-state index in [0.717, 1.165) is 19.8 Å². The van der Waals surface area contributed by atoms with Gasteiger partial charge < -0.3 is 15.4 Å². The van der Waals surface area contributed by atoms with Crippen LogP contribution >= 0.6 is 0 Å². The Kier molecular flexibility index (Phi) is 9.54. The van der Waals surface area contributed by atoms with E-state index in [1.807, 2.05) is 0 Å². The first-order chi connectivity index (χ1) is 8.83. The standard InChI is InChI=1S/C15H32N2O/c1-3-4-5-6-7-8-9-16-14(2)12-15-13-18-11-10-17-15/h14-17H,3-13H2,1-2H3. The molecule has 0 radical (unpaired) electrons. The van der Waals surface area contributed by atoms with Gasteiger partial charge in [-0.3, -0.25) is 0 Å². The molecule has 0 aliphatic carbocycles. The number of nitrogens with one attached hydrogen (secondary N) is 2. The smallest absolute Gasteiger partial charge is 0.0620 e. The number of unbranched alkanes of at least 4 members (excludes halogenated alkanes) is 5. The number of hydrogen-bond donors (Lipinski definition) is 2. The first-order valence-electron chi connectivity index (χ1n) is 7.87. The molecule has 0 spiro atoms. The molecular formula is C15H32N2O. The van der Waals surface area contributed by atoms with Gasteiger partial charge in [-0.05, 0) is 26.3 Å². The second-order valence-corrected chi connectivity index (χ2v) is 5.58. The van der Waals surface area contributed by atoms with Crippen molar-refractivity contribution in [3.05, 3.63) is 0 Å². The maximum Gasteiger partial charge on any atom is 0.0620 e. The van der Waals surface area contributed by atoms with Gasteiger partial charge in [-0.1, -0.05) is 39.0 Å². The molecule has 3 nitrogen and oxygen atoms in total. The van der Waals surface area contributed by atoms with Crippen LogP contribution in [0, 0.1) is 0 Å². The van der Waals surface area contributed by atoms with Crippen molar-refractivity contribution < 1.29 is 4.74 Å². The molecule has 1 fully saturated rings. The van der Waals surface area contributed by atoms with Crippen molar-refractivity contribution in [1.29, 1.82) is 0 Å². The monoisotopic (exact) mass is 256 g/mol. The van der Waals surface area contributed by atoms with E-state index >= 15 is 0 Å². The maximum absolute atomic E-state index is 5.47. The van der Waals surface area contributed by atoms with Crippen LogP contribution in [0.1, 0.15) is 58.8 Å². The van der Waals surface area contributed by atoms with Gasteiger partial charge in [-0.15, -0.1) is 0 Å². The number of ether oxygens (including phenoxy) is 1. The van der Waals surface area contributed by atoms with Gasteiger partial charge in [0, 0.05) is 18.6 Å². The summed E-state index contributed by atoms with van der Waals surface area (Å²) >= 11 is 0. The molecule has 1 aliphatic rings. The zero-order chi connectivity index (χ0) is 13.1. The molecule has 0 amide bonds. The Morgan fingerprint density at radius 1 is 1.22 bits per heavy atom. The zero-order valence-electron chi connectivity index (χ0n) is 12.3. The third kappa shape index (κ3) is 8.06. The van der Waals surface area contributed by atoms with Crippen molar-refractivity contribution in [3.63, 3.8) is 0 Å². The lowest BCUT2D eigenvalue weighted by Gasteiger charge is -2.26. The largest absolute Gasteiger partial charge is 0.379 e. The summed E-state index contributed by atoms with van der Waals surface area (Å²) in [5.41, 5.74) is 0. The second-order valence-electron chi connectivity index (χ2n) is 5.58. The Labute approximate surface area is 113 Å². The summed E-state index contributed by atoms with van der Waals surface area (Å²) in [5.74, 6) is 0. The van der Waals surface area contributed by atoms with Crippen LogP contribution in [0.4, 0.5) is 0 Å². The molecular weight excluding hydrogens is 224 g/mol. The van der Waals surface area contributed by atoms with Gasteiger partial charge in [0.1, 0.15) is 0 Å². The van der Waals surface area contributed by atoms with Crippen molar-refractivity contribution in [3.8, 4) is 0 Å². The van der Waals surface area contributed by atoms with E-state index in [1.165, 1.54) is 51.5 Å². The molecule has 1 saturated heterocycles. The molecule has 1 aliphatic heterocycles. The second kappa shape index (κ2) is 10.8. The quantitative estimate of drug-likeness (QED) is 0.590. The Bertz CT molecular complexity index is 181. The first-order valence-corrected chi connectivity index (χ1v) is 7.87. The Balaban J connectivity index is 1.88. The van der Waals surface area contributed by atoms with Crippen LogP contribution < -0.4 is 10.6 Å². The number of morpholine rings is 1. The van der Waals surface area contributed by atoms with Crippen LogP contribution in [0.2, 0.25) is 0 Å². The average Bonchev–Trinajstić information content (AvgIpc) is 2.39. The van der Waals surface area contributed by atoms with Crippen LogP contribution in [0.25, 0.3) is 0 Å². The lowest BCUT2D eigenvalue weighted by molar-refractivity contribution is 0.0712. The van der Waals surface area contributed by atoms with Gasteiger partial charge >= 0.3 is 0 Å². The summed E-state index contributed by atoms with van der Waals surface area (Å²) in [5, 5.41) is 7.13. The summed E-state index contributed by atoms with van der Waals surface area (Å²) in [4.78, 5) is 0. The average molecular weight is 256 g/mol. The van der Waals surface area contributed by atoms with Crippen molar-refractivity contribution in [2.45, 2.75) is 70.9 Å². The molecule has 2 N–H and O–H groups in total. The summed E-state index contributed by atoms with van der Waals surface area (Å²) in [6.45, 7) is 8.48. The fourth-order valence-corrected chi connectivity index (χ4v) is 2.54. The lowest BCUT2D eigenvalue weighted by Crippen LogP contribution is -2.45. The predicted molar refractivity (Wildman–Crippen MR) is 78.1 cm³/mol. The minimum atomic E-state index is 0.547. The van der Waals surface area contributed by atoms with Crippen LogP contribution in [-0.4, -0.2) is 38.4 Å². The normalized spacial score (nSPS) is 22.0. The maximum atomic E-state index is 5.47. The third-order valence-electron chi connectivity index (χ3n) is 3.66. The van der Waals surface area contributed by atoms with Crippen molar-refractivity contribution in [1.82, 2.24) is 10.6 Å². The molecule has 0 aromatic heterocycles. The fourth-order valence-electron chi connectivity index (χ4n) is 2.54. The van der Waals surface area contributed by atoms with Gasteiger partial charge in [-0.25, -0.2) is 0 Å². The van der Waals surface area contributed by atoms with Crippen LogP contribution in [0.3, 0.4) is 0 Å². The van der Waals surface area contributed by atoms with Gasteiger partial charge in [0.15, 0.2) is 0 Å². The molecule has 0 aromatic carbocycles. The topological polar surface area (TPSA) is 33.3 Å². The Morgan fingerprint density at radius 3 is 2.72 bits per heavy atom. The summed E-state index contributed by atoms with van der Waals surface area (Å²) in [6, 6.07) is 1.14. The van der Waals surface area contributed by atoms with E-state index in [1.54, 1.807) is 0 Å². The van der Waals surface area contributed by atoms with E-state index in [0.29, 0.717) is 12.1 Å². The number of hydrogen-bond acceptors (Lipinski definition) is 3. The van der Waals surface area contributed by atoms with Crippen LogP contribution in [0.15, 0.2) is 0 Å². The molecule has 2 unspecified atom stereocenters. The minimum Gasteiger partial charge on any atom is -0.379 e. The Hall–Kier alpha value is -0.120. The molecule has 3 heteroatoms. The van der Waals surface area contributed by atoms with E-state index < -0.39 is 0 Å². The van der Waals surface area contributed by atoms with Crippen molar-refractivity contribution in [2.24, 2.45) is 0 Å². The summed E-state index contributed by atoms with van der Waals surface area (Å²) < 4.78 is 5.47. The van der Waals surface area contributed by atoms with Crippen molar-refractivity contribution in [2.75, 3.05) is 26.3 Å². The van der Waals surface area contributed by atoms with E-state index in [9.17, 15) is 0 Å². The zero-order valence-corrected chi connectivity index (χ0v) is 12.3. The van der Waals surface area contributed by atoms with Gasteiger partial charge in [-0.2, -0.15) is 0 Å². The van der Waals surface area contributed by atoms with Crippen molar-refractivity contribution >= 4 is 0 Å². The van der Waals surface area contributed by atoms with Gasteiger partial charge in [0.05, 0.1) is 13.2 Å². The number of rotatable bonds is 10. The summed E-state index contributed by atoms with van der Waals surface area (Å²) in [6.07, 6.45) is 9.43. The van der Waals surface area contributed by atoms with Crippen LogP contribution in [0.5, 0.6) is 0 Å². The molecule has 18 heavy (non-hydrogen) atoms. The molecule has 0 aromatic rings. The molecule has 2 atom stereocenters. The third-order valence-corrected chi connectivity index (χ3v) is 3.66.